The fourth-order valence-corrected chi connectivity index (χ4v) is 1.89. The molecule has 3 N–H and O–H groups in total. The zero-order valence-electron chi connectivity index (χ0n) is 10.1. The molecule has 0 aliphatic rings. The van der Waals surface area contributed by atoms with Gasteiger partial charge in [-0.15, -0.1) is 12.4 Å². The fourth-order valence-electron chi connectivity index (χ4n) is 1.72. The second-order valence-electron chi connectivity index (χ2n) is 4.32. The summed E-state index contributed by atoms with van der Waals surface area (Å²) >= 11 is 5.74. The lowest BCUT2D eigenvalue weighted by Crippen LogP contribution is -2.15. The van der Waals surface area contributed by atoms with Crippen LogP contribution in [0, 0.1) is 16.0 Å². The molecule has 0 saturated carbocycles. The van der Waals surface area contributed by atoms with Crippen LogP contribution in [0.3, 0.4) is 0 Å². The van der Waals surface area contributed by atoms with Crippen LogP contribution in [0.2, 0.25) is 5.02 Å². The van der Waals surface area contributed by atoms with Gasteiger partial charge in [-0.25, -0.2) is 0 Å². The van der Waals surface area contributed by atoms with Crippen LogP contribution < -0.4 is 5.73 Å². The third-order valence-electron chi connectivity index (χ3n) is 2.44. The number of nitrogens with zero attached hydrogens (tertiary/aromatic N) is 1. The molecule has 5 nitrogen and oxygen atoms in total. The van der Waals surface area contributed by atoms with E-state index in [0.717, 1.165) is 0 Å². The molecular formula is C11H16Cl2N2O3. The number of hydrogen-bond acceptors (Lipinski definition) is 4. The van der Waals surface area contributed by atoms with Gasteiger partial charge in [-0.05, 0) is 18.4 Å². The van der Waals surface area contributed by atoms with Crippen LogP contribution in [0.25, 0.3) is 0 Å². The maximum Gasteiger partial charge on any atom is 0.277 e. The van der Waals surface area contributed by atoms with Crippen LogP contribution in [0.4, 0.5) is 5.69 Å². The second kappa shape index (κ2) is 6.78. The minimum atomic E-state index is -0.603. The standard InChI is InChI=1S/C11H15ClN2O3.ClH/c1-6(2)5-8(13)10-9(14(16)17)4-3-7(12)11(10)15;/h3-4,6,8,15H,5,13H2,1-2H3;1H/t8-;/m0./s1. The molecule has 1 aromatic rings. The Morgan fingerprint density at radius 1 is 1.50 bits per heavy atom. The summed E-state index contributed by atoms with van der Waals surface area (Å²) in [5.74, 6) is -0.0306. The van der Waals surface area contributed by atoms with E-state index in [4.69, 9.17) is 17.3 Å². The zero-order valence-corrected chi connectivity index (χ0v) is 11.7. The molecule has 0 aliphatic heterocycles. The van der Waals surface area contributed by atoms with Crippen LogP contribution in [0.15, 0.2) is 12.1 Å². The van der Waals surface area contributed by atoms with Gasteiger partial charge in [-0.1, -0.05) is 25.4 Å². The summed E-state index contributed by atoms with van der Waals surface area (Å²) in [6, 6.07) is 1.95. The molecule has 0 aliphatic carbocycles. The fraction of sp³-hybridized carbons (Fsp3) is 0.455. The van der Waals surface area contributed by atoms with Crippen molar-refractivity contribution in [2.24, 2.45) is 11.7 Å². The summed E-state index contributed by atoms with van der Waals surface area (Å²) in [5.41, 5.74) is 5.79. The van der Waals surface area contributed by atoms with Gasteiger partial charge in [0.15, 0.2) is 0 Å². The van der Waals surface area contributed by atoms with Crippen molar-refractivity contribution in [1.29, 1.82) is 0 Å². The number of rotatable bonds is 4. The van der Waals surface area contributed by atoms with Crippen molar-refractivity contribution < 1.29 is 10.0 Å². The van der Waals surface area contributed by atoms with Crippen LogP contribution in [-0.4, -0.2) is 10.0 Å². The zero-order chi connectivity index (χ0) is 13.2. The highest BCUT2D eigenvalue weighted by atomic mass is 35.5. The normalized spacial score (nSPS) is 12.1. The number of nitro benzene ring substituents is 1. The van der Waals surface area contributed by atoms with Gasteiger partial charge < -0.3 is 10.8 Å². The maximum absolute atomic E-state index is 10.9. The minimum Gasteiger partial charge on any atom is -0.506 e. The Bertz CT molecular complexity index is 439. The molecule has 0 spiro atoms. The third kappa shape index (κ3) is 3.73. The second-order valence-corrected chi connectivity index (χ2v) is 4.73. The van der Waals surface area contributed by atoms with Crippen LogP contribution >= 0.6 is 24.0 Å². The van der Waals surface area contributed by atoms with E-state index in [0.29, 0.717) is 6.42 Å². The first kappa shape index (κ1) is 17.0. The smallest absolute Gasteiger partial charge is 0.277 e. The molecule has 0 heterocycles. The molecular weight excluding hydrogens is 279 g/mol. The molecule has 0 fully saturated rings. The van der Waals surface area contributed by atoms with Gasteiger partial charge >= 0.3 is 0 Å². The van der Waals surface area contributed by atoms with Crippen molar-refractivity contribution in [2.45, 2.75) is 26.3 Å². The maximum atomic E-state index is 10.9. The molecule has 102 valence electrons. The first-order valence-electron chi connectivity index (χ1n) is 5.26. The summed E-state index contributed by atoms with van der Waals surface area (Å²) in [5, 5.41) is 20.7. The predicted octanol–water partition coefficient (Wildman–Crippen LogP) is 3.42. The van der Waals surface area contributed by atoms with E-state index in [1.165, 1.54) is 12.1 Å². The van der Waals surface area contributed by atoms with E-state index < -0.39 is 11.0 Å². The number of halogens is 2. The van der Waals surface area contributed by atoms with Gasteiger partial charge in [-0.3, -0.25) is 10.1 Å². The van der Waals surface area contributed by atoms with E-state index in [-0.39, 0.29) is 40.3 Å². The molecule has 0 unspecified atom stereocenters. The van der Waals surface area contributed by atoms with Crippen LogP contribution in [-0.2, 0) is 0 Å². The van der Waals surface area contributed by atoms with E-state index in [9.17, 15) is 15.2 Å². The molecule has 1 rings (SSSR count). The lowest BCUT2D eigenvalue weighted by Gasteiger charge is -2.16. The molecule has 0 radical (unpaired) electrons. The number of phenols is 1. The van der Waals surface area contributed by atoms with E-state index in [2.05, 4.69) is 0 Å². The number of benzene rings is 1. The van der Waals surface area contributed by atoms with E-state index in [1.807, 2.05) is 13.8 Å². The molecule has 0 saturated heterocycles. The SMILES string of the molecule is CC(C)C[C@H](N)c1c([N+](=O)[O-])ccc(Cl)c1O.Cl. The lowest BCUT2D eigenvalue weighted by atomic mass is 9.96. The number of hydrogen-bond donors (Lipinski definition) is 2. The van der Waals surface area contributed by atoms with Crippen molar-refractivity contribution in [3.05, 3.63) is 32.8 Å². The van der Waals surface area contributed by atoms with Crippen LogP contribution in [0.5, 0.6) is 5.75 Å². The summed E-state index contributed by atoms with van der Waals surface area (Å²) in [6.45, 7) is 3.90. The van der Waals surface area contributed by atoms with Crippen molar-refractivity contribution >= 4 is 29.7 Å². The molecule has 0 bridgehead atoms. The Labute approximate surface area is 116 Å². The Balaban J connectivity index is 0.00000289. The minimum absolute atomic E-state index is 0. The number of phenolic OH excluding ortho intramolecular Hbond substituents is 1. The summed E-state index contributed by atoms with van der Waals surface area (Å²) in [4.78, 5) is 10.3. The van der Waals surface area contributed by atoms with Gasteiger partial charge in [0.05, 0.1) is 15.5 Å². The van der Waals surface area contributed by atoms with Gasteiger partial charge in [0.2, 0.25) is 0 Å². The topological polar surface area (TPSA) is 89.4 Å². The van der Waals surface area contributed by atoms with Crippen molar-refractivity contribution in [3.63, 3.8) is 0 Å². The highest BCUT2D eigenvalue weighted by Crippen LogP contribution is 2.39. The lowest BCUT2D eigenvalue weighted by molar-refractivity contribution is -0.385. The molecule has 1 atom stereocenters. The van der Waals surface area contributed by atoms with Gasteiger partial charge in [0, 0.05) is 12.1 Å². The van der Waals surface area contributed by atoms with Gasteiger partial charge in [-0.2, -0.15) is 0 Å². The Hall–Kier alpha value is -1.04. The molecule has 1 aromatic carbocycles. The Morgan fingerprint density at radius 3 is 2.50 bits per heavy atom. The number of nitro groups is 1. The molecule has 0 aromatic heterocycles. The Kier molecular flexibility index (Phi) is 6.38. The predicted molar refractivity (Wildman–Crippen MR) is 73.4 cm³/mol. The number of aromatic hydroxyl groups is 1. The molecule has 0 amide bonds. The van der Waals surface area contributed by atoms with Crippen molar-refractivity contribution in [1.82, 2.24) is 0 Å². The molecule has 7 heteroatoms. The summed E-state index contributed by atoms with van der Waals surface area (Å²) < 4.78 is 0. The summed E-state index contributed by atoms with van der Waals surface area (Å²) in [7, 11) is 0. The monoisotopic (exact) mass is 294 g/mol. The average molecular weight is 295 g/mol. The Morgan fingerprint density at radius 2 is 2.06 bits per heavy atom. The first-order chi connectivity index (χ1) is 7.84. The van der Waals surface area contributed by atoms with E-state index in [1.54, 1.807) is 0 Å². The van der Waals surface area contributed by atoms with Gasteiger partial charge in [0.1, 0.15) is 5.75 Å². The number of nitrogens with two attached hydrogens (primary N) is 1. The van der Waals surface area contributed by atoms with Crippen molar-refractivity contribution in [3.8, 4) is 5.75 Å². The third-order valence-corrected chi connectivity index (χ3v) is 2.74. The largest absolute Gasteiger partial charge is 0.506 e. The molecule has 18 heavy (non-hydrogen) atoms. The first-order valence-corrected chi connectivity index (χ1v) is 5.63. The van der Waals surface area contributed by atoms with E-state index >= 15 is 0 Å². The highest BCUT2D eigenvalue weighted by Gasteiger charge is 2.25. The summed E-state index contributed by atoms with van der Waals surface area (Å²) in [6.07, 6.45) is 0.536. The highest BCUT2D eigenvalue weighted by molar-refractivity contribution is 6.32. The van der Waals surface area contributed by atoms with Crippen molar-refractivity contribution in [2.75, 3.05) is 0 Å². The quantitative estimate of drug-likeness (QED) is 0.658. The van der Waals surface area contributed by atoms with Gasteiger partial charge in [0.25, 0.3) is 5.69 Å². The van der Waals surface area contributed by atoms with Crippen LogP contribution in [0.1, 0.15) is 31.9 Å². The average Bonchev–Trinajstić information content (AvgIpc) is 2.20.